The first kappa shape index (κ1) is 16.8. The molecule has 1 fully saturated rings. The Kier molecular flexibility index (Phi) is 5.13. The van der Waals surface area contributed by atoms with Gasteiger partial charge in [0.15, 0.2) is 6.61 Å². The van der Waals surface area contributed by atoms with Crippen LogP contribution in [0.15, 0.2) is 48.8 Å². The van der Waals surface area contributed by atoms with E-state index in [0.29, 0.717) is 23.7 Å². The fourth-order valence-corrected chi connectivity index (χ4v) is 2.74. The van der Waals surface area contributed by atoms with Crippen LogP contribution < -0.4 is 19.7 Å². The number of para-hydroxylation sites is 2. The van der Waals surface area contributed by atoms with Crippen molar-refractivity contribution < 1.29 is 19.1 Å². The number of carbonyl (C=O) groups excluding carboxylic acids is 2. The van der Waals surface area contributed by atoms with E-state index < -0.39 is 0 Å². The van der Waals surface area contributed by atoms with Crippen LogP contribution in [0.25, 0.3) is 0 Å². The Labute approximate surface area is 145 Å². The van der Waals surface area contributed by atoms with E-state index in [1.165, 1.54) is 6.20 Å². The van der Waals surface area contributed by atoms with Gasteiger partial charge in [0.1, 0.15) is 11.5 Å². The minimum absolute atomic E-state index is 0.0528. The zero-order valence-electron chi connectivity index (χ0n) is 13.8. The second-order valence-electron chi connectivity index (χ2n) is 5.62. The molecule has 2 amide bonds. The summed E-state index contributed by atoms with van der Waals surface area (Å²) in [6.07, 6.45) is 3.41. The number of benzene rings is 1. The van der Waals surface area contributed by atoms with Crippen molar-refractivity contribution in [2.24, 2.45) is 0 Å². The maximum absolute atomic E-state index is 12.3. The average molecular weight is 341 g/mol. The molecule has 7 heteroatoms. The SMILES string of the molecule is COc1ccccc1N1C[C@@H](NC(=O)COc2cccnc2)CC1=O. The van der Waals surface area contributed by atoms with Gasteiger partial charge in [0.2, 0.25) is 5.91 Å². The van der Waals surface area contributed by atoms with E-state index in [1.54, 1.807) is 36.4 Å². The Bertz CT molecular complexity index is 751. The molecule has 7 nitrogen and oxygen atoms in total. The number of nitrogens with zero attached hydrogens (tertiary/aromatic N) is 2. The molecular weight excluding hydrogens is 322 g/mol. The Morgan fingerprint density at radius 3 is 2.92 bits per heavy atom. The van der Waals surface area contributed by atoms with E-state index in [9.17, 15) is 9.59 Å². The maximum atomic E-state index is 12.3. The summed E-state index contributed by atoms with van der Waals surface area (Å²) in [5.74, 6) is 0.824. The van der Waals surface area contributed by atoms with Crippen LogP contribution in [0.5, 0.6) is 11.5 Å². The largest absolute Gasteiger partial charge is 0.495 e. The summed E-state index contributed by atoms with van der Waals surface area (Å²) >= 11 is 0. The molecule has 1 N–H and O–H groups in total. The highest BCUT2D eigenvalue weighted by molar-refractivity contribution is 5.98. The van der Waals surface area contributed by atoms with Gasteiger partial charge in [0.25, 0.3) is 5.91 Å². The second kappa shape index (κ2) is 7.65. The van der Waals surface area contributed by atoms with Gasteiger partial charge >= 0.3 is 0 Å². The fraction of sp³-hybridized carbons (Fsp3) is 0.278. The van der Waals surface area contributed by atoms with Crippen molar-refractivity contribution in [2.45, 2.75) is 12.5 Å². The van der Waals surface area contributed by atoms with Crippen LogP contribution in [0, 0.1) is 0 Å². The molecule has 1 aromatic heterocycles. The summed E-state index contributed by atoms with van der Waals surface area (Å²) in [7, 11) is 1.56. The van der Waals surface area contributed by atoms with E-state index in [4.69, 9.17) is 9.47 Å². The molecule has 0 aliphatic carbocycles. The third-order valence-corrected chi connectivity index (χ3v) is 3.87. The minimum Gasteiger partial charge on any atom is -0.495 e. The number of rotatable bonds is 6. The third kappa shape index (κ3) is 4.06. The van der Waals surface area contributed by atoms with Crippen molar-refractivity contribution in [3.8, 4) is 11.5 Å². The highest BCUT2D eigenvalue weighted by Gasteiger charge is 2.32. The predicted molar refractivity (Wildman–Crippen MR) is 91.6 cm³/mol. The number of pyridine rings is 1. The number of aromatic nitrogens is 1. The van der Waals surface area contributed by atoms with Crippen molar-refractivity contribution in [1.29, 1.82) is 0 Å². The second-order valence-corrected chi connectivity index (χ2v) is 5.62. The van der Waals surface area contributed by atoms with Gasteiger partial charge in [0.05, 0.1) is 25.0 Å². The van der Waals surface area contributed by atoms with E-state index in [-0.39, 0.29) is 30.9 Å². The molecule has 1 atom stereocenters. The van der Waals surface area contributed by atoms with Gasteiger partial charge in [-0.3, -0.25) is 14.6 Å². The van der Waals surface area contributed by atoms with Crippen LogP contribution in [0.1, 0.15) is 6.42 Å². The summed E-state index contributed by atoms with van der Waals surface area (Å²) in [5, 5.41) is 2.83. The summed E-state index contributed by atoms with van der Waals surface area (Å²) < 4.78 is 10.7. The molecule has 3 rings (SSSR count). The quantitative estimate of drug-likeness (QED) is 0.859. The number of nitrogens with one attached hydrogen (secondary N) is 1. The Hall–Kier alpha value is -3.09. The van der Waals surface area contributed by atoms with Gasteiger partial charge in [-0.15, -0.1) is 0 Å². The molecule has 130 valence electrons. The maximum Gasteiger partial charge on any atom is 0.258 e. The molecule has 1 aliphatic rings. The average Bonchev–Trinajstić information content (AvgIpc) is 3.00. The minimum atomic E-state index is -0.275. The van der Waals surface area contributed by atoms with Crippen molar-refractivity contribution in [3.63, 3.8) is 0 Å². The smallest absolute Gasteiger partial charge is 0.258 e. The number of methoxy groups -OCH3 is 1. The monoisotopic (exact) mass is 341 g/mol. The van der Waals surface area contributed by atoms with E-state index in [0.717, 1.165) is 0 Å². The molecule has 0 spiro atoms. The lowest BCUT2D eigenvalue weighted by Crippen LogP contribution is -2.39. The highest BCUT2D eigenvalue weighted by Crippen LogP contribution is 2.30. The summed E-state index contributed by atoms with van der Waals surface area (Å²) in [6.45, 7) is 0.281. The van der Waals surface area contributed by atoms with Gasteiger partial charge in [-0.1, -0.05) is 12.1 Å². The molecule has 0 bridgehead atoms. The molecule has 1 saturated heterocycles. The third-order valence-electron chi connectivity index (χ3n) is 3.87. The standard InChI is InChI=1S/C18H19N3O4/c1-24-16-7-3-2-6-15(16)21-11-13(9-18(21)23)20-17(22)12-25-14-5-4-8-19-10-14/h2-8,10,13H,9,11-12H2,1H3,(H,20,22)/t13-/m0/s1. The first-order chi connectivity index (χ1) is 12.2. The number of amides is 2. The van der Waals surface area contributed by atoms with Gasteiger partial charge < -0.3 is 19.7 Å². The van der Waals surface area contributed by atoms with Gasteiger partial charge in [-0.05, 0) is 24.3 Å². The van der Waals surface area contributed by atoms with Crippen LogP contribution in [0.4, 0.5) is 5.69 Å². The Morgan fingerprint density at radius 2 is 2.16 bits per heavy atom. The number of anilines is 1. The van der Waals surface area contributed by atoms with Crippen LogP contribution in [-0.2, 0) is 9.59 Å². The highest BCUT2D eigenvalue weighted by atomic mass is 16.5. The topological polar surface area (TPSA) is 80.8 Å². The van der Waals surface area contributed by atoms with Crippen molar-refractivity contribution in [3.05, 3.63) is 48.8 Å². The van der Waals surface area contributed by atoms with E-state index in [1.807, 2.05) is 18.2 Å². The molecule has 0 unspecified atom stereocenters. The number of carbonyl (C=O) groups is 2. The first-order valence-electron chi connectivity index (χ1n) is 7.93. The Balaban J connectivity index is 1.56. The molecular formula is C18H19N3O4. The fourth-order valence-electron chi connectivity index (χ4n) is 2.74. The van der Waals surface area contributed by atoms with Gasteiger partial charge in [-0.2, -0.15) is 0 Å². The number of hydrogen-bond acceptors (Lipinski definition) is 5. The molecule has 1 aromatic carbocycles. The Morgan fingerprint density at radius 1 is 1.32 bits per heavy atom. The van der Waals surface area contributed by atoms with Crippen LogP contribution in [0.3, 0.4) is 0 Å². The summed E-state index contributed by atoms with van der Waals surface area (Å²) in [5.41, 5.74) is 0.707. The van der Waals surface area contributed by atoms with Crippen molar-refractivity contribution >= 4 is 17.5 Å². The number of ether oxygens (including phenoxy) is 2. The van der Waals surface area contributed by atoms with E-state index in [2.05, 4.69) is 10.3 Å². The van der Waals surface area contributed by atoms with Crippen molar-refractivity contribution in [2.75, 3.05) is 25.2 Å². The normalized spacial score (nSPS) is 16.6. The first-order valence-corrected chi connectivity index (χ1v) is 7.93. The molecule has 2 aromatic rings. The lowest BCUT2D eigenvalue weighted by molar-refractivity contribution is -0.123. The molecule has 0 saturated carbocycles. The zero-order chi connectivity index (χ0) is 17.6. The van der Waals surface area contributed by atoms with Crippen molar-refractivity contribution in [1.82, 2.24) is 10.3 Å². The van der Waals surface area contributed by atoms with E-state index >= 15 is 0 Å². The molecule has 2 heterocycles. The number of hydrogen-bond donors (Lipinski definition) is 1. The van der Waals surface area contributed by atoms with Crippen LogP contribution >= 0.6 is 0 Å². The summed E-state index contributed by atoms with van der Waals surface area (Å²) in [6, 6.07) is 10.5. The van der Waals surface area contributed by atoms with Crippen LogP contribution in [-0.4, -0.2) is 43.1 Å². The lowest BCUT2D eigenvalue weighted by atomic mass is 10.2. The van der Waals surface area contributed by atoms with Gasteiger partial charge in [0, 0.05) is 19.2 Å². The molecule has 25 heavy (non-hydrogen) atoms. The van der Waals surface area contributed by atoms with Crippen LogP contribution in [0.2, 0.25) is 0 Å². The molecule has 1 aliphatic heterocycles. The lowest BCUT2D eigenvalue weighted by Gasteiger charge is -2.19. The van der Waals surface area contributed by atoms with Gasteiger partial charge in [-0.25, -0.2) is 0 Å². The molecule has 0 radical (unpaired) electrons. The summed E-state index contributed by atoms with van der Waals surface area (Å²) in [4.78, 5) is 29.9. The zero-order valence-corrected chi connectivity index (χ0v) is 13.8. The predicted octanol–water partition coefficient (Wildman–Crippen LogP) is 1.39.